The first-order valence-electron chi connectivity index (χ1n) is 8.83. The first-order valence-corrected chi connectivity index (χ1v) is 10.3. The molecule has 1 aromatic heterocycles. The number of esters is 1. The molecule has 2 aromatic rings. The van der Waals surface area contributed by atoms with Crippen LogP contribution in [-0.4, -0.2) is 40.6 Å². The molecule has 26 heavy (non-hydrogen) atoms. The van der Waals surface area contributed by atoms with Crippen molar-refractivity contribution in [1.82, 2.24) is 10.0 Å². The molecular formula is C18H24N2O5S. The summed E-state index contributed by atoms with van der Waals surface area (Å²) in [5.41, 5.74) is 1.04. The molecule has 0 radical (unpaired) electrons. The van der Waals surface area contributed by atoms with Crippen LogP contribution in [0.3, 0.4) is 0 Å². The second-order valence-corrected chi connectivity index (χ2v) is 8.25. The third kappa shape index (κ3) is 3.92. The molecule has 142 valence electrons. The van der Waals surface area contributed by atoms with Crippen molar-refractivity contribution in [3.63, 3.8) is 0 Å². The first kappa shape index (κ1) is 18.9. The van der Waals surface area contributed by atoms with Crippen molar-refractivity contribution in [2.45, 2.75) is 31.6 Å². The Morgan fingerprint density at radius 2 is 2.23 bits per heavy atom. The van der Waals surface area contributed by atoms with Gasteiger partial charge in [0.15, 0.2) is 0 Å². The van der Waals surface area contributed by atoms with Crippen LogP contribution in [0.5, 0.6) is 0 Å². The van der Waals surface area contributed by atoms with E-state index in [1.54, 1.807) is 19.9 Å². The fourth-order valence-corrected chi connectivity index (χ4v) is 4.27. The lowest BCUT2D eigenvalue weighted by Gasteiger charge is -2.10. The average molecular weight is 380 g/mol. The minimum atomic E-state index is -3.61. The van der Waals surface area contributed by atoms with Gasteiger partial charge in [-0.15, -0.1) is 0 Å². The van der Waals surface area contributed by atoms with Gasteiger partial charge in [0.1, 0.15) is 5.58 Å². The van der Waals surface area contributed by atoms with Gasteiger partial charge in [0.2, 0.25) is 15.8 Å². The number of benzene rings is 1. The average Bonchev–Trinajstić information content (AvgIpc) is 3.23. The standard InChI is InChI=1S/C18H24N2O5S/c1-3-24-18(21)17-12(2)15-10-14(4-5-16(15)25-17)26(22,23)20-9-7-13-6-8-19-11-13/h4-5,10,13,19-20H,3,6-9,11H2,1-2H3. The van der Waals surface area contributed by atoms with Gasteiger partial charge < -0.3 is 14.5 Å². The molecule has 0 amide bonds. The SMILES string of the molecule is CCOC(=O)c1oc2ccc(S(=O)(=O)NCCC3CCNC3)cc2c1C. The summed E-state index contributed by atoms with van der Waals surface area (Å²) >= 11 is 0. The van der Waals surface area contributed by atoms with E-state index in [2.05, 4.69) is 10.0 Å². The van der Waals surface area contributed by atoms with E-state index in [1.807, 2.05) is 0 Å². The smallest absolute Gasteiger partial charge is 0.374 e. The number of nitrogens with one attached hydrogen (secondary N) is 2. The summed E-state index contributed by atoms with van der Waals surface area (Å²) < 4.78 is 38.3. The number of carbonyl (C=O) groups is 1. The van der Waals surface area contributed by atoms with Crippen molar-refractivity contribution < 1.29 is 22.4 Å². The van der Waals surface area contributed by atoms with Crippen LogP contribution >= 0.6 is 0 Å². The van der Waals surface area contributed by atoms with Crippen LogP contribution in [-0.2, 0) is 14.8 Å². The van der Waals surface area contributed by atoms with Gasteiger partial charge in [0.25, 0.3) is 0 Å². The second kappa shape index (κ2) is 7.77. The minimum Gasteiger partial charge on any atom is -0.460 e. The third-order valence-electron chi connectivity index (χ3n) is 4.69. The lowest BCUT2D eigenvalue weighted by atomic mass is 10.1. The van der Waals surface area contributed by atoms with Gasteiger partial charge in [0.05, 0.1) is 11.5 Å². The number of fused-ring (bicyclic) bond motifs is 1. The fraction of sp³-hybridized carbons (Fsp3) is 0.500. The molecule has 1 saturated heterocycles. The van der Waals surface area contributed by atoms with E-state index in [0.717, 1.165) is 25.9 Å². The highest BCUT2D eigenvalue weighted by Gasteiger charge is 2.22. The number of hydrogen-bond donors (Lipinski definition) is 2. The quantitative estimate of drug-likeness (QED) is 0.715. The lowest BCUT2D eigenvalue weighted by molar-refractivity contribution is 0.0491. The molecule has 7 nitrogen and oxygen atoms in total. The number of aryl methyl sites for hydroxylation is 1. The van der Waals surface area contributed by atoms with Crippen molar-refractivity contribution in [3.8, 4) is 0 Å². The molecule has 1 atom stereocenters. The third-order valence-corrected chi connectivity index (χ3v) is 6.14. The maximum atomic E-state index is 12.6. The summed E-state index contributed by atoms with van der Waals surface area (Å²) in [4.78, 5) is 12.1. The minimum absolute atomic E-state index is 0.109. The predicted octanol–water partition coefficient (Wildman–Crippen LogP) is 2.20. The molecule has 2 N–H and O–H groups in total. The molecule has 1 aromatic carbocycles. The topological polar surface area (TPSA) is 97.6 Å². The summed E-state index contributed by atoms with van der Waals surface area (Å²) in [5.74, 6) is 0.0791. The number of hydrogen-bond acceptors (Lipinski definition) is 6. The van der Waals surface area contributed by atoms with Crippen molar-refractivity contribution in [3.05, 3.63) is 29.5 Å². The van der Waals surface area contributed by atoms with E-state index in [-0.39, 0.29) is 17.3 Å². The molecule has 0 bridgehead atoms. The van der Waals surface area contributed by atoms with E-state index < -0.39 is 16.0 Å². The number of furan rings is 1. The van der Waals surface area contributed by atoms with Crippen molar-refractivity contribution in [1.29, 1.82) is 0 Å². The maximum Gasteiger partial charge on any atom is 0.374 e. The maximum absolute atomic E-state index is 12.6. The molecule has 1 aliphatic rings. The van der Waals surface area contributed by atoms with Gasteiger partial charge in [0, 0.05) is 17.5 Å². The van der Waals surface area contributed by atoms with E-state index in [9.17, 15) is 13.2 Å². The number of rotatable bonds is 7. The Hall–Kier alpha value is -1.90. The van der Waals surface area contributed by atoms with Gasteiger partial charge in [-0.3, -0.25) is 0 Å². The zero-order chi connectivity index (χ0) is 18.7. The van der Waals surface area contributed by atoms with Crippen LogP contribution in [0.4, 0.5) is 0 Å². The van der Waals surface area contributed by atoms with Gasteiger partial charge in [-0.2, -0.15) is 0 Å². The van der Waals surface area contributed by atoms with E-state index in [4.69, 9.17) is 9.15 Å². The van der Waals surface area contributed by atoms with E-state index in [0.29, 0.717) is 29.0 Å². The molecule has 1 fully saturated rings. The number of carbonyl (C=O) groups excluding carboxylic acids is 1. The summed E-state index contributed by atoms with van der Waals surface area (Å²) in [6, 6.07) is 4.59. The first-order chi connectivity index (χ1) is 12.4. The van der Waals surface area contributed by atoms with Crippen molar-refractivity contribution in [2.75, 3.05) is 26.2 Å². The molecule has 0 aliphatic carbocycles. The Labute approximate surface area is 153 Å². The van der Waals surface area contributed by atoms with Crippen LogP contribution in [0.15, 0.2) is 27.5 Å². The highest BCUT2D eigenvalue weighted by Crippen LogP contribution is 2.28. The predicted molar refractivity (Wildman–Crippen MR) is 97.7 cm³/mol. The number of ether oxygens (including phenoxy) is 1. The molecular weight excluding hydrogens is 356 g/mol. The Balaban J connectivity index is 1.78. The van der Waals surface area contributed by atoms with Crippen molar-refractivity contribution >= 4 is 27.0 Å². The van der Waals surface area contributed by atoms with Crippen molar-refractivity contribution in [2.24, 2.45) is 5.92 Å². The van der Waals surface area contributed by atoms with Gasteiger partial charge >= 0.3 is 5.97 Å². The Morgan fingerprint density at radius 1 is 1.42 bits per heavy atom. The molecule has 1 aliphatic heterocycles. The lowest BCUT2D eigenvalue weighted by Crippen LogP contribution is -2.26. The zero-order valence-corrected chi connectivity index (χ0v) is 15.8. The normalized spacial score (nSPS) is 17.7. The summed E-state index contributed by atoms with van der Waals surface area (Å²) in [6.07, 6.45) is 1.89. The molecule has 0 spiro atoms. The fourth-order valence-electron chi connectivity index (χ4n) is 3.20. The van der Waals surface area contributed by atoms with Crippen LogP contribution in [0.1, 0.15) is 35.9 Å². The molecule has 1 unspecified atom stereocenters. The van der Waals surface area contributed by atoms with Crippen LogP contribution < -0.4 is 10.0 Å². The zero-order valence-electron chi connectivity index (χ0n) is 15.0. The van der Waals surface area contributed by atoms with Crippen LogP contribution in [0.25, 0.3) is 11.0 Å². The summed E-state index contributed by atoms with van der Waals surface area (Å²) in [5, 5.41) is 3.87. The largest absolute Gasteiger partial charge is 0.460 e. The van der Waals surface area contributed by atoms with Gasteiger partial charge in [-0.25, -0.2) is 17.9 Å². The van der Waals surface area contributed by atoms with E-state index >= 15 is 0 Å². The molecule has 2 heterocycles. The van der Waals surface area contributed by atoms with Crippen LogP contribution in [0.2, 0.25) is 0 Å². The van der Waals surface area contributed by atoms with E-state index in [1.165, 1.54) is 12.1 Å². The Morgan fingerprint density at radius 3 is 2.92 bits per heavy atom. The summed E-state index contributed by atoms with van der Waals surface area (Å²) in [6.45, 7) is 6.03. The highest BCUT2D eigenvalue weighted by atomic mass is 32.2. The molecule has 3 rings (SSSR count). The van der Waals surface area contributed by atoms with Gasteiger partial charge in [-0.05, 0) is 63.9 Å². The molecule has 8 heteroatoms. The highest BCUT2D eigenvalue weighted by molar-refractivity contribution is 7.89. The molecule has 0 saturated carbocycles. The van der Waals surface area contributed by atoms with Gasteiger partial charge in [-0.1, -0.05) is 0 Å². The number of sulfonamides is 1. The van der Waals surface area contributed by atoms with Crippen LogP contribution in [0, 0.1) is 12.8 Å². The summed E-state index contributed by atoms with van der Waals surface area (Å²) in [7, 11) is -3.61. The monoisotopic (exact) mass is 380 g/mol. The Bertz CT molecular complexity index is 898. The second-order valence-electron chi connectivity index (χ2n) is 6.48. The Kier molecular flexibility index (Phi) is 5.64.